The van der Waals surface area contributed by atoms with Crippen LogP contribution in [0.1, 0.15) is 15.3 Å². The topological polar surface area (TPSA) is 39.7 Å². The molecule has 1 N–H and O–H groups in total. The fourth-order valence-electron chi connectivity index (χ4n) is 0.839. The van der Waals surface area contributed by atoms with Crippen molar-refractivity contribution in [1.29, 1.82) is 0 Å². The molecule has 0 rings (SSSR count). The Morgan fingerprint density at radius 3 is 2.14 bits per heavy atom. The van der Waals surface area contributed by atoms with E-state index in [1.54, 1.807) is 0 Å². The molecule has 88 valence electrons. The van der Waals surface area contributed by atoms with Gasteiger partial charge in [-0.15, -0.1) is 0 Å². The van der Waals surface area contributed by atoms with E-state index < -0.39 is 0 Å². The first-order valence-electron chi connectivity index (χ1n) is 5.19. The van der Waals surface area contributed by atoms with Gasteiger partial charge in [-0.2, -0.15) is 0 Å². The van der Waals surface area contributed by atoms with E-state index in [-0.39, 0.29) is 7.53 Å². The highest BCUT2D eigenvalue weighted by Gasteiger charge is 1.93. The van der Waals surface area contributed by atoms with Crippen LogP contribution >= 0.6 is 0 Å². The third-order valence-electron chi connectivity index (χ3n) is 1.55. The van der Waals surface area contributed by atoms with Gasteiger partial charge in [-0.05, 0) is 20.9 Å². The minimum Gasteiger partial charge on any atom is -0.378 e. The van der Waals surface area contributed by atoms with Crippen molar-refractivity contribution in [3.05, 3.63) is 0 Å². The van der Waals surface area contributed by atoms with Gasteiger partial charge in [-0.3, -0.25) is 0 Å². The number of likely N-dealkylation sites (N-methyl/N-ethyl adjacent to an activating group) is 1. The molecule has 4 nitrogen and oxygen atoms in total. The quantitative estimate of drug-likeness (QED) is 0.541. The molecule has 0 heterocycles. The van der Waals surface area contributed by atoms with Gasteiger partial charge in [0.2, 0.25) is 0 Å². The highest BCUT2D eigenvalue weighted by atomic mass is 16.5. The summed E-state index contributed by atoms with van der Waals surface area (Å²) < 4.78 is 15.9. The zero-order valence-electron chi connectivity index (χ0n) is 9.54. The van der Waals surface area contributed by atoms with Gasteiger partial charge < -0.3 is 19.5 Å². The summed E-state index contributed by atoms with van der Waals surface area (Å²) in [7, 11) is 1.91. The number of hydrogen-bond donors (Lipinski definition) is 1. The number of ether oxygens (including phenoxy) is 3. The van der Waals surface area contributed by atoms with Gasteiger partial charge in [0.15, 0.2) is 0 Å². The van der Waals surface area contributed by atoms with E-state index in [1.165, 1.54) is 0 Å². The van der Waals surface area contributed by atoms with E-state index in [2.05, 4.69) is 5.32 Å². The largest absolute Gasteiger partial charge is 0.378 e. The molecule has 0 saturated heterocycles. The molecule has 0 aromatic rings. The summed E-state index contributed by atoms with van der Waals surface area (Å²) in [5.74, 6) is 0. The van der Waals surface area contributed by atoms with Crippen molar-refractivity contribution in [1.82, 2.24) is 5.32 Å². The minimum absolute atomic E-state index is 0. The van der Waals surface area contributed by atoms with Gasteiger partial charge in [0.25, 0.3) is 0 Å². The van der Waals surface area contributed by atoms with Crippen molar-refractivity contribution in [3.8, 4) is 0 Å². The normalized spacial score (nSPS) is 11.1. The molecule has 0 fully saturated rings. The van der Waals surface area contributed by atoms with Crippen molar-refractivity contribution in [3.63, 3.8) is 0 Å². The van der Waals surface area contributed by atoms with Crippen LogP contribution in [-0.4, -0.2) is 52.7 Å². The predicted molar refractivity (Wildman–Crippen MR) is 58.8 cm³/mol. The van der Waals surface area contributed by atoms with Crippen LogP contribution < -0.4 is 5.32 Å². The summed E-state index contributed by atoms with van der Waals surface area (Å²) in [5.41, 5.74) is 0. The molecular weight excluding hydrogens is 182 g/mol. The van der Waals surface area contributed by atoms with Crippen molar-refractivity contribution < 1.29 is 15.6 Å². The predicted octanol–water partition coefficient (Wildman–Crippen LogP) is 0.910. The lowest BCUT2D eigenvalue weighted by Gasteiger charge is -2.08. The summed E-state index contributed by atoms with van der Waals surface area (Å²) >= 11 is 0. The van der Waals surface area contributed by atoms with Gasteiger partial charge in [-0.25, -0.2) is 0 Å². The zero-order chi connectivity index (χ0) is 10.6. The van der Waals surface area contributed by atoms with Crippen molar-refractivity contribution in [2.45, 2.75) is 20.0 Å². The average Bonchev–Trinajstić information content (AvgIpc) is 2.15. The maximum atomic E-state index is 5.31. The third kappa shape index (κ3) is 11.8. The Hall–Kier alpha value is -0.160. The van der Waals surface area contributed by atoms with Crippen LogP contribution in [0.3, 0.4) is 0 Å². The number of hydrogen-bond acceptors (Lipinski definition) is 4. The average molecular weight is 207 g/mol. The highest BCUT2D eigenvalue weighted by molar-refractivity contribution is 4.38. The molecule has 0 atom stereocenters. The van der Waals surface area contributed by atoms with Crippen LogP contribution in [-0.2, 0) is 14.2 Å². The summed E-state index contributed by atoms with van der Waals surface area (Å²) in [5, 5.41) is 3.01. The van der Waals surface area contributed by atoms with Crippen LogP contribution in [0.15, 0.2) is 0 Å². The highest BCUT2D eigenvalue weighted by Crippen LogP contribution is 1.87. The van der Waals surface area contributed by atoms with Gasteiger partial charge in [0.1, 0.15) is 0 Å². The fraction of sp³-hybridized carbons (Fsp3) is 1.00. The first kappa shape index (κ1) is 13.8. The molecule has 4 heteroatoms. The Bertz CT molecular complexity index is 115. The summed E-state index contributed by atoms with van der Waals surface area (Å²) in [4.78, 5) is 0. The lowest BCUT2D eigenvalue weighted by atomic mass is 10.5. The Kier molecular flexibility index (Phi) is 10.8. The van der Waals surface area contributed by atoms with E-state index in [1.807, 2.05) is 20.9 Å². The van der Waals surface area contributed by atoms with E-state index in [0.29, 0.717) is 26.4 Å². The van der Waals surface area contributed by atoms with E-state index in [9.17, 15) is 0 Å². The Morgan fingerprint density at radius 1 is 1.00 bits per heavy atom. The fourth-order valence-corrected chi connectivity index (χ4v) is 0.839. The molecule has 0 aliphatic heterocycles. The lowest BCUT2D eigenvalue weighted by molar-refractivity contribution is -0.000922. The van der Waals surface area contributed by atoms with E-state index in [0.717, 1.165) is 13.2 Å². The number of rotatable bonds is 10. The summed E-state index contributed by atoms with van der Waals surface area (Å²) in [6.45, 7) is 8.26. The molecule has 0 aliphatic carbocycles. The molecule has 0 aromatic carbocycles. The van der Waals surface area contributed by atoms with Gasteiger partial charge in [0.05, 0.1) is 39.1 Å². The molecule has 14 heavy (non-hydrogen) atoms. The van der Waals surface area contributed by atoms with Crippen LogP contribution in [0.2, 0.25) is 0 Å². The third-order valence-corrected chi connectivity index (χ3v) is 1.55. The molecule has 0 aliphatic rings. The Labute approximate surface area is 88.4 Å². The van der Waals surface area contributed by atoms with Crippen molar-refractivity contribution >= 4 is 0 Å². The van der Waals surface area contributed by atoms with Gasteiger partial charge >= 0.3 is 0 Å². The Morgan fingerprint density at radius 2 is 1.57 bits per heavy atom. The molecule has 0 unspecified atom stereocenters. The zero-order valence-corrected chi connectivity index (χ0v) is 9.54. The van der Waals surface area contributed by atoms with E-state index >= 15 is 0 Å². The molecule has 0 amide bonds. The van der Waals surface area contributed by atoms with Crippen molar-refractivity contribution in [2.24, 2.45) is 0 Å². The smallest absolute Gasteiger partial charge is 0.0703 e. The van der Waals surface area contributed by atoms with E-state index in [4.69, 9.17) is 14.2 Å². The summed E-state index contributed by atoms with van der Waals surface area (Å²) in [6, 6.07) is 0. The molecule has 0 radical (unpaired) electrons. The van der Waals surface area contributed by atoms with Crippen molar-refractivity contribution in [2.75, 3.05) is 46.6 Å². The SMILES string of the molecule is CNCCOCCOCCOC(C)C.[HH]. The molecular formula is C10H25NO3. The maximum absolute atomic E-state index is 5.31. The Balaban J connectivity index is 0. The first-order valence-corrected chi connectivity index (χ1v) is 5.19. The van der Waals surface area contributed by atoms with Crippen LogP contribution in [0, 0.1) is 0 Å². The first-order chi connectivity index (χ1) is 6.77. The minimum atomic E-state index is 0. The van der Waals surface area contributed by atoms with Gasteiger partial charge in [0, 0.05) is 7.97 Å². The molecule has 0 saturated carbocycles. The lowest BCUT2D eigenvalue weighted by Crippen LogP contribution is -2.17. The second-order valence-electron chi connectivity index (χ2n) is 3.25. The van der Waals surface area contributed by atoms with Crippen LogP contribution in [0.5, 0.6) is 0 Å². The standard InChI is InChI=1S/C10H23NO3.H2/c1-10(2)14-9-8-13-7-6-12-5-4-11-3;/h10-11H,4-9H2,1-3H3;1H. The van der Waals surface area contributed by atoms with Crippen LogP contribution in [0.4, 0.5) is 0 Å². The molecule has 0 spiro atoms. The summed E-state index contributed by atoms with van der Waals surface area (Å²) in [6.07, 6.45) is 0.283. The second kappa shape index (κ2) is 10.9. The molecule has 0 bridgehead atoms. The van der Waals surface area contributed by atoms with Crippen LogP contribution in [0.25, 0.3) is 0 Å². The second-order valence-corrected chi connectivity index (χ2v) is 3.25. The van der Waals surface area contributed by atoms with Gasteiger partial charge in [-0.1, -0.05) is 0 Å². The maximum Gasteiger partial charge on any atom is 0.0703 e. The monoisotopic (exact) mass is 207 g/mol. The number of nitrogens with one attached hydrogen (secondary N) is 1. The molecule has 0 aromatic heterocycles.